The molecule has 1 unspecified atom stereocenters. The quantitative estimate of drug-likeness (QED) is 0.753. The molecule has 1 atom stereocenters. The number of carbonyl (C=O) groups excluding carboxylic acids is 2. The van der Waals surface area contributed by atoms with E-state index in [1.54, 1.807) is 0 Å². The van der Waals surface area contributed by atoms with E-state index < -0.39 is 11.5 Å². The van der Waals surface area contributed by atoms with Crippen molar-refractivity contribution in [2.24, 2.45) is 5.73 Å². The van der Waals surface area contributed by atoms with Crippen LogP contribution in [0.3, 0.4) is 0 Å². The number of anilines is 1. The summed E-state index contributed by atoms with van der Waals surface area (Å²) in [6.45, 7) is 0.101. The molecule has 2 heterocycles. The molecular weight excluding hydrogens is 308 g/mol. The molecule has 5 N–H and O–H groups in total. The molecule has 0 saturated carbocycles. The van der Waals surface area contributed by atoms with Gasteiger partial charge in [0, 0.05) is 24.7 Å². The van der Waals surface area contributed by atoms with E-state index in [4.69, 9.17) is 11.5 Å². The van der Waals surface area contributed by atoms with Crippen LogP contribution in [-0.4, -0.2) is 45.5 Å². The monoisotopic (exact) mass is 326 g/mol. The van der Waals surface area contributed by atoms with Crippen molar-refractivity contribution in [3.05, 3.63) is 48.2 Å². The fraction of sp³-hybridized carbons (Fsp3) is 0.235. The first-order valence-electron chi connectivity index (χ1n) is 7.54. The molecule has 0 spiro atoms. The van der Waals surface area contributed by atoms with Gasteiger partial charge in [-0.25, -0.2) is 0 Å². The van der Waals surface area contributed by atoms with Gasteiger partial charge in [0.15, 0.2) is 5.60 Å². The first kappa shape index (κ1) is 15.9. The van der Waals surface area contributed by atoms with Gasteiger partial charge in [-0.05, 0) is 6.07 Å². The highest BCUT2D eigenvalue weighted by Gasteiger charge is 2.43. The predicted octanol–water partition coefficient (Wildman–Crippen LogP) is 0.393. The molecule has 0 radical (unpaired) electrons. The summed E-state index contributed by atoms with van der Waals surface area (Å²) in [6, 6.07) is 10.8. The van der Waals surface area contributed by atoms with Gasteiger partial charge in [0.2, 0.25) is 0 Å². The Balaban J connectivity index is 1.91. The van der Waals surface area contributed by atoms with Gasteiger partial charge in [-0.15, -0.1) is 0 Å². The minimum Gasteiger partial charge on any atom is -0.396 e. The van der Waals surface area contributed by atoms with Gasteiger partial charge in [0.05, 0.1) is 23.5 Å². The number of nitrogen functional groups attached to an aromatic ring is 1. The third-order valence-corrected chi connectivity index (χ3v) is 4.26. The van der Waals surface area contributed by atoms with Gasteiger partial charge >= 0.3 is 0 Å². The summed E-state index contributed by atoms with van der Waals surface area (Å²) in [7, 11) is 0. The van der Waals surface area contributed by atoms with Crippen molar-refractivity contribution < 1.29 is 14.7 Å². The van der Waals surface area contributed by atoms with E-state index in [9.17, 15) is 14.7 Å². The Morgan fingerprint density at radius 3 is 2.54 bits per heavy atom. The van der Waals surface area contributed by atoms with E-state index in [-0.39, 0.29) is 36.7 Å². The van der Waals surface area contributed by atoms with Crippen molar-refractivity contribution in [1.29, 1.82) is 0 Å². The number of hydrogen-bond donors (Lipinski definition) is 3. The number of primary amides is 1. The largest absolute Gasteiger partial charge is 0.396 e. The molecule has 1 aliphatic rings. The summed E-state index contributed by atoms with van der Waals surface area (Å²) in [5.74, 6) is -1.19. The molecule has 1 aromatic heterocycles. The van der Waals surface area contributed by atoms with Crippen LogP contribution in [0.15, 0.2) is 42.6 Å². The Hall–Kier alpha value is -2.93. The van der Waals surface area contributed by atoms with Crippen LogP contribution in [-0.2, 0) is 4.79 Å². The number of aromatic nitrogens is 1. The third-order valence-electron chi connectivity index (χ3n) is 4.26. The van der Waals surface area contributed by atoms with E-state index in [0.29, 0.717) is 5.69 Å². The average molecular weight is 326 g/mol. The molecule has 1 aromatic carbocycles. The lowest BCUT2D eigenvalue weighted by Crippen LogP contribution is -2.46. The van der Waals surface area contributed by atoms with Crippen LogP contribution < -0.4 is 11.5 Å². The maximum Gasteiger partial charge on any atom is 0.256 e. The number of rotatable bonds is 3. The number of hydrogen-bond acceptors (Lipinski definition) is 5. The number of carbonyl (C=O) groups is 2. The smallest absolute Gasteiger partial charge is 0.256 e. The van der Waals surface area contributed by atoms with Crippen molar-refractivity contribution >= 4 is 17.5 Å². The van der Waals surface area contributed by atoms with Gasteiger partial charge in [0.25, 0.3) is 11.8 Å². The first-order chi connectivity index (χ1) is 11.4. The van der Waals surface area contributed by atoms with Crippen LogP contribution in [0.2, 0.25) is 0 Å². The molecular formula is C17H18N4O3. The zero-order valence-electron chi connectivity index (χ0n) is 13.0. The zero-order chi connectivity index (χ0) is 17.3. The molecule has 2 amide bonds. The molecule has 7 heteroatoms. The van der Waals surface area contributed by atoms with Crippen molar-refractivity contribution in [2.75, 3.05) is 18.8 Å². The summed E-state index contributed by atoms with van der Waals surface area (Å²) >= 11 is 0. The van der Waals surface area contributed by atoms with Crippen LogP contribution in [0.25, 0.3) is 11.3 Å². The Kier molecular flexibility index (Phi) is 3.94. The molecule has 1 aliphatic heterocycles. The Morgan fingerprint density at radius 1 is 1.21 bits per heavy atom. The summed E-state index contributed by atoms with van der Waals surface area (Å²) in [5.41, 5.74) is 11.5. The molecule has 0 bridgehead atoms. The molecule has 2 aromatic rings. The summed E-state index contributed by atoms with van der Waals surface area (Å²) < 4.78 is 0. The molecule has 1 fully saturated rings. The van der Waals surface area contributed by atoms with Gasteiger partial charge in [0.1, 0.15) is 0 Å². The standard InChI is InChI=1S/C17H18N4O3/c18-13-12(6-8-20-14(13)11-4-2-1-3-5-11)15(22)21-9-7-17(24,10-21)16(19)23/h1-6,8,24H,7,9-10,18H2,(H2,19,23). The molecule has 3 rings (SSSR count). The van der Waals surface area contributed by atoms with Crippen molar-refractivity contribution in [3.8, 4) is 11.3 Å². The second kappa shape index (κ2) is 5.93. The van der Waals surface area contributed by atoms with Gasteiger partial charge in [-0.1, -0.05) is 30.3 Å². The van der Waals surface area contributed by atoms with E-state index >= 15 is 0 Å². The predicted molar refractivity (Wildman–Crippen MR) is 88.8 cm³/mol. The van der Waals surface area contributed by atoms with Crippen LogP contribution >= 0.6 is 0 Å². The molecule has 24 heavy (non-hydrogen) atoms. The van der Waals surface area contributed by atoms with Crippen molar-refractivity contribution in [3.63, 3.8) is 0 Å². The summed E-state index contributed by atoms with van der Waals surface area (Å²) in [4.78, 5) is 29.7. The fourth-order valence-corrected chi connectivity index (χ4v) is 2.82. The number of nitrogens with two attached hydrogens (primary N) is 2. The lowest BCUT2D eigenvalue weighted by atomic mass is 10.0. The van der Waals surface area contributed by atoms with E-state index in [2.05, 4.69) is 4.98 Å². The minimum absolute atomic E-state index is 0.116. The number of aliphatic hydroxyl groups is 1. The van der Waals surface area contributed by atoms with Crippen molar-refractivity contribution in [1.82, 2.24) is 9.88 Å². The highest BCUT2D eigenvalue weighted by Crippen LogP contribution is 2.29. The molecule has 7 nitrogen and oxygen atoms in total. The van der Waals surface area contributed by atoms with Gasteiger partial charge in [-0.2, -0.15) is 0 Å². The SMILES string of the molecule is NC(=O)C1(O)CCN(C(=O)c2ccnc(-c3ccccc3)c2N)C1. The second-order valence-corrected chi connectivity index (χ2v) is 5.86. The topological polar surface area (TPSA) is 123 Å². The Morgan fingerprint density at radius 2 is 1.92 bits per heavy atom. The van der Waals surface area contributed by atoms with Crippen LogP contribution in [0, 0.1) is 0 Å². The summed E-state index contributed by atoms with van der Waals surface area (Å²) in [5, 5.41) is 10.1. The summed E-state index contributed by atoms with van der Waals surface area (Å²) in [6.07, 6.45) is 1.63. The minimum atomic E-state index is -1.68. The second-order valence-electron chi connectivity index (χ2n) is 5.86. The van der Waals surface area contributed by atoms with E-state index in [1.165, 1.54) is 17.2 Å². The van der Waals surface area contributed by atoms with Gasteiger partial charge < -0.3 is 21.5 Å². The maximum absolute atomic E-state index is 12.7. The van der Waals surface area contributed by atoms with Crippen LogP contribution in [0.5, 0.6) is 0 Å². The number of benzene rings is 1. The molecule has 0 aliphatic carbocycles. The average Bonchev–Trinajstić information content (AvgIpc) is 2.99. The number of likely N-dealkylation sites (tertiary alicyclic amines) is 1. The fourth-order valence-electron chi connectivity index (χ4n) is 2.82. The Bertz CT molecular complexity index is 794. The zero-order valence-corrected chi connectivity index (χ0v) is 13.0. The number of β-amino-alcohol motifs (C(OH)–C–C–N with tert-alkyl or cyclic N) is 1. The van der Waals surface area contributed by atoms with Crippen LogP contribution in [0.4, 0.5) is 5.69 Å². The van der Waals surface area contributed by atoms with E-state index in [1.807, 2.05) is 30.3 Å². The molecule has 1 saturated heterocycles. The Labute approximate surface area is 138 Å². The third kappa shape index (κ3) is 2.69. The first-order valence-corrected chi connectivity index (χ1v) is 7.54. The number of amides is 2. The number of pyridine rings is 1. The van der Waals surface area contributed by atoms with E-state index in [0.717, 1.165) is 5.56 Å². The van der Waals surface area contributed by atoms with Gasteiger partial charge in [-0.3, -0.25) is 14.6 Å². The lowest BCUT2D eigenvalue weighted by molar-refractivity contribution is -0.134. The normalized spacial score (nSPS) is 20.1. The number of nitrogens with zero attached hydrogens (tertiary/aromatic N) is 2. The van der Waals surface area contributed by atoms with Crippen LogP contribution in [0.1, 0.15) is 16.8 Å². The highest BCUT2D eigenvalue weighted by atomic mass is 16.3. The maximum atomic E-state index is 12.7. The highest BCUT2D eigenvalue weighted by molar-refractivity contribution is 6.02. The molecule has 124 valence electrons. The van der Waals surface area contributed by atoms with Crippen molar-refractivity contribution in [2.45, 2.75) is 12.0 Å². The lowest BCUT2D eigenvalue weighted by Gasteiger charge is -2.21.